The molecule has 0 unspecified atom stereocenters. The fourth-order valence-corrected chi connectivity index (χ4v) is 2.06. The Morgan fingerprint density at radius 2 is 2.07 bits per heavy atom. The van der Waals surface area contributed by atoms with Crippen LogP contribution in [0.2, 0.25) is 0 Å². The minimum Gasteiger partial charge on any atom is -0.443 e. The summed E-state index contributed by atoms with van der Waals surface area (Å²) in [6.45, 7) is 0. The summed E-state index contributed by atoms with van der Waals surface area (Å²) in [5, 5.41) is 8.58. The maximum atomic E-state index is 12.8. The van der Waals surface area contributed by atoms with Gasteiger partial charge in [0.25, 0.3) is 0 Å². The van der Waals surface area contributed by atoms with E-state index in [2.05, 4.69) is 0 Å². The van der Waals surface area contributed by atoms with Gasteiger partial charge in [-0.25, -0.2) is 9.18 Å². The lowest BCUT2D eigenvalue weighted by Gasteiger charge is -2.07. The van der Waals surface area contributed by atoms with Crippen LogP contribution in [0, 0.1) is 11.3 Å². The van der Waals surface area contributed by atoms with Crippen molar-refractivity contribution in [2.45, 2.75) is 10.9 Å². The van der Waals surface area contributed by atoms with E-state index in [4.69, 9.17) is 10.00 Å². The van der Waals surface area contributed by atoms with E-state index < -0.39 is 16.9 Å². The molecular weight excluding hydrogens is 217 g/mol. The molecule has 1 aromatic rings. The first-order valence-corrected chi connectivity index (χ1v) is 5.15. The Morgan fingerprint density at radius 3 is 2.53 bits per heavy atom. The molecule has 2 atom stereocenters. The third-order valence-electron chi connectivity index (χ3n) is 1.96. The molecule has 1 aliphatic heterocycles. The van der Waals surface area contributed by atoms with Crippen molar-refractivity contribution in [3.8, 4) is 6.07 Å². The van der Waals surface area contributed by atoms with Crippen molar-refractivity contribution >= 4 is 17.7 Å². The molecule has 2 rings (SSSR count). The zero-order valence-electron chi connectivity index (χ0n) is 7.51. The van der Waals surface area contributed by atoms with Gasteiger partial charge < -0.3 is 4.74 Å². The number of carbonyl (C=O) groups is 1. The van der Waals surface area contributed by atoms with Crippen molar-refractivity contribution in [3.05, 3.63) is 35.4 Å². The standard InChI is InChI=1S/C10H6FNO2S/c11-8-9(13)14-10(15-8)7-3-1-6(5-12)2-4-7/h1-4,8,10H/t8-,10+/m1/s1. The number of carbonyl (C=O) groups excluding carboxylic acids is 1. The Hall–Kier alpha value is -1.54. The summed E-state index contributed by atoms with van der Waals surface area (Å²) in [6, 6.07) is 8.50. The SMILES string of the molecule is N#Cc1ccc([C@H]2OC(=O)[C@H](F)S2)cc1. The van der Waals surface area contributed by atoms with Crippen LogP contribution in [0.5, 0.6) is 0 Å². The summed E-state index contributed by atoms with van der Waals surface area (Å²) < 4.78 is 17.6. The third kappa shape index (κ3) is 1.95. The van der Waals surface area contributed by atoms with Crippen LogP contribution in [-0.4, -0.2) is 11.5 Å². The lowest BCUT2D eigenvalue weighted by atomic mass is 10.1. The highest BCUT2D eigenvalue weighted by Gasteiger charge is 2.36. The van der Waals surface area contributed by atoms with E-state index in [-0.39, 0.29) is 0 Å². The maximum absolute atomic E-state index is 12.8. The third-order valence-corrected chi connectivity index (χ3v) is 3.01. The van der Waals surface area contributed by atoms with E-state index >= 15 is 0 Å². The van der Waals surface area contributed by atoms with E-state index in [1.54, 1.807) is 24.3 Å². The number of rotatable bonds is 1. The Bertz CT molecular complexity index is 426. The molecule has 76 valence electrons. The molecule has 15 heavy (non-hydrogen) atoms. The molecule has 0 saturated carbocycles. The van der Waals surface area contributed by atoms with E-state index in [0.717, 1.165) is 11.8 Å². The number of cyclic esters (lactones) is 1. The minimum atomic E-state index is -1.61. The quantitative estimate of drug-likeness (QED) is 0.684. The number of nitrogens with zero attached hydrogens (tertiary/aromatic N) is 1. The van der Waals surface area contributed by atoms with Gasteiger partial charge in [0, 0.05) is 5.56 Å². The summed E-state index contributed by atoms with van der Waals surface area (Å²) >= 11 is 0.819. The van der Waals surface area contributed by atoms with Crippen LogP contribution in [0.3, 0.4) is 0 Å². The lowest BCUT2D eigenvalue weighted by Crippen LogP contribution is -2.04. The average molecular weight is 223 g/mol. The van der Waals surface area contributed by atoms with Gasteiger partial charge in [0.15, 0.2) is 5.44 Å². The van der Waals surface area contributed by atoms with Gasteiger partial charge in [0.1, 0.15) is 0 Å². The van der Waals surface area contributed by atoms with E-state index in [9.17, 15) is 9.18 Å². The van der Waals surface area contributed by atoms with Gasteiger partial charge in [-0.15, -0.1) is 0 Å². The second-order valence-electron chi connectivity index (χ2n) is 2.95. The van der Waals surface area contributed by atoms with Gasteiger partial charge in [-0.05, 0) is 12.1 Å². The summed E-state index contributed by atoms with van der Waals surface area (Å²) in [5.41, 5.74) is -0.997. The largest absolute Gasteiger partial charge is 0.443 e. The Labute approximate surface area is 89.8 Å². The maximum Gasteiger partial charge on any atom is 0.353 e. The topological polar surface area (TPSA) is 50.1 Å². The number of hydrogen-bond acceptors (Lipinski definition) is 4. The van der Waals surface area contributed by atoms with Crippen LogP contribution in [-0.2, 0) is 9.53 Å². The summed E-state index contributed by atoms with van der Waals surface area (Å²) in [7, 11) is 0. The van der Waals surface area contributed by atoms with Gasteiger partial charge in [-0.3, -0.25) is 0 Å². The molecule has 1 saturated heterocycles. The molecule has 0 amide bonds. The minimum absolute atomic E-state index is 0.518. The first-order chi connectivity index (χ1) is 7.20. The van der Waals surface area contributed by atoms with Crippen molar-refractivity contribution in [1.82, 2.24) is 0 Å². The fraction of sp³-hybridized carbons (Fsp3) is 0.200. The molecule has 1 fully saturated rings. The first-order valence-electron chi connectivity index (χ1n) is 4.21. The Kier molecular flexibility index (Phi) is 2.60. The van der Waals surface area contributed by atoms with Crippen molar-refractivity contribution < 1.29 is 13.9 Å². The van der Waals surface area contributed by atoms with Crippen molar-refractivity contribution in [2.24, 2.45) is 0 Å². The highest BCUT2D eigenvalue weighted by molar-refractivity contribution is 8.00. The van der Waals surface area contributed by atoms with Crippen molar-refractivity contribution in [3.63, 3.8) is 0 Å². The highest BCUT2D eigenvalue weighted by atomic mass is 32.2. The second kappa shape index (κ2) is 3.91. The predicted molar refractivity (Wildman–Crippen MR) is 52.5 cm³/mol. The summed E-state index contributed by atoms with van der Waals surface area (Å²) in [6.07, 6.45) is 0. The first kappa shape index (κ1) is 9.99. The summed E-state index contributed by atoms with van der Waals surface area (Å²) in [4.78, 5) is 10.8. The van der Waals surface area contributed by atoms with Gasteiger partial charge in [0.2, 0.25) is 5.50 Å². The number of hydrogen-bond donors (Lipinski definition) is 0. The van der Waals surface area contributed by atoms with Gasteiger partial charge in [-0.2, -0.15) is 5.26 Å². The number of thioether (sulfide) groups is 1. The Balaban J connectivity index is 2.18. The van der Waals surface area contributed by atoms with Gasteiger partial charge in [-0.1, -0.05) is 23.9 Å². The molecule has 0 spiro atoms. The number of benzene rings is 1. The average Bonchev–Trinajstić information content (AvgIpc) is 2.59. The molecule has 0 aromatic heterocycles. The Morgan fingerprint density at radius 1 is 1.40 bits per heavy atom. The molecule has 0 radical (unpaired) electrons. The molecule has 0 aliphatic carbocycles. The lowest BCUT2D eigenvalue weighted by molar-refractivity contribution is -0.145. The zero-order valence-corrected chi connectivity index (χ0v) is 8.33. The molecule has 0 bridgehead atoms. The number of esters is 1. The number of nitriles is 1. The van der Waals surface area contributed by atoms with E-state index in [1.807, 2.05) is 6.07 Å². The van der Waals surface area contributed by atoms with Crippen molar-refractivity contribution in [1.29, 1.82) is 5.26 Å². The van der Waals surface area contributed by atoms with Crippen LogP contribution in [0.4, 0.5) is 4.39 Å². The van der Waals surface area contributed by atoms with Gasteiger partial charge >= 0.3 is 5.97 Å². The molecule has 1 aliphatic rings. The van der Waals surface area contributed by atoms with Crippen LogP contribution in [0.1, 0.15) is 16.6 Å². The molecular formula is C10H6FNO2S. The molecule has 1 heterocycles. The van der Waals surface area contributed by atoms with E-state index in [1.165, 1.54) is 0 Å². The van der Waals surface area contributed by atoms with Crippen LogP contribution >= 0.6 is 11.8 Å². The summed E-state index contributed by atoms with van der Waals surface area (Å²) in [5.74, 6) is -0.839. The van der Waals surface area contributed by atoms with Crippen LogP contribution in [0.25, 0.3) is 0 Å². The van der Waals surface area contributed by atoms with Crippen LogP contribution < -0.4 is 0 Å². The van der Waals surface area contributed by atoms with E-state index in [0.29, 0.717) is 11.1 Å². The molecule has 5 heteroatoms. The van der Waals surface area contributed by atoms with Crippen LogP contribution in [0.15, 0.2) is 24.3 Å². The monoisotopic (exact) mass is 223 g/mol. The molecule has 0 N–H and O–H groups in total. The van der Waals surface area contributed by atoms with Gasteiger partial charge in [0.05, 0.1) is 11.6 Å². The molecule has 1 aromatic carbocycles. The zero-order chi connectivity index (χ0) is 10.8. The number of ether oxygens (including phenoxy) is 1. The smallest absolute Gasteiger partial charge is 0.353 e. The normalized spacial score (nSPS) is 24.7. The highest BCUT2D eigenvalue weighted by Crippen LogP contribution is 2.40. The number of halogens is 1. The fourth-order valence-electron chi connectivity index (χ4n) is 1.21. The number of alkyl halides is 1. The second-order valence-corrected chi connectivity index (χ2v) is 4.07. The predicted octanol–water partition coefficient (Wildman–Crippen LogP) is 2.14. The molecule has 3 nitrogen and oxygen atoms in total. The van der Waals surface area contributed by atoms with Crippen molar-refractivity contribution in [2.75, 3.05) is 0 Å².